The molecular weight excluding hydrogens is 568 g/mol. The third-order valence-corrected chi connectivity index (χ3v) is 15.2. The molecule has 2 heterocycles. The second-order valence-corrected chi connectivity index (χ2v) is 17.7. The van der Waals surface area contributed by atoms with Gasteiger partial charge in [-0.05, 0) is 117 Å². The summed E-state index contributed by atoms with van der Waals surface area (Å²) >= 11 is 0. The largest absolute Gasteiger partial charge is 0.446 e. The third kappa shape index (κ3) is 4.23. The molecule has 4 N–H and O–H groups in total. The number of carbonyl (C=O) groups excluding carboxylic acids is 1. The summed E-state index contributed by atoms with van der Waals surface area (Å²) < 4.78 is 12.8. The molecule has 8 heteroatoms. The SMILES string of the molecule is C[C@@H]1CC([C@H](O)C(C)(C)O)OC2[C@H]1[C@@]1(C)CC[C@@]34C[C@@]35CCC(OC(=O)NCc3ccccn3)C(C)(C)[C@@H]5CCC4[C@]1(C)[C@H]2O. The molecule has 1 aliphatic heterocycles. The number of pyridine rings is 1. The number of aliphatic hydroxyl groups is 3. The smallest absolute Gasteiger partial charge is 0.407 e. The Morgan fingerprint density at radius 2 is 1.82 bits per heavy atom. The van der Waals surface area contributed by atoms with Crippen molar-refractivity contribution in [2.24, 2.45) is 50.7 Å². The Hall–Kier alpha value is -1.74. The van der Waals surface area contributed by atoms with E-state index >= 15 is 0 Å². The van der Waals surface area contributed by atoms with Gasteiger partial charge < -0.3 is 30.1 Å². The summed E-state index contributed by atoms with van der Waals surface area (Å²) in [6, 6.07) is 5.68. The standard InChI is InChI=1S/C37H56N2O6/c1-21-18-23(29(40)33(4,5)43)44-28-27(21)34(6)15-16-37-20-36(37)14-13-26(45-31(42)39-19-22-10-8-9-17-38-22)32(2,3)24(36)11-12-25(37)35(34,7)30(28)41/h8-10,17,21,23-30,40-41,43H,11-16,18-20H2,1-7H3,(H,39,42)/t21-,23?,24+,25?,26?,27+,28?,29+,30+,34-,35-,36-,37+/m1/s1. The molecule has 0 aromatic carbocycles. The van der Waals surface area contributed by atoms with E-state index in [1.54, 1.807) is 20.0 Å². The first-order valence-corrected chi connectivity index (χ1v) is 17.6. The molecule has 5 aliphatic carbocycles. The molecule has 6 fully saturated rings. The first kappa shape index (κ1) is 31.8. The summed E-state index contributed by atoms with van der Waals surface area (Å²) in [6.45, 7) is 15.3. The van der Waals surface area contributed by atoms with Crippen LogP contribution in [0.25, 0.3) is 0 Å². The van der Waals surface area contributed by atoms with Crippen LogP contribution in [0.2, 0.25) is 0 Å². The van der Waals surface area contributed by atoms with Crippen molar-refractivity contribution in [2.75, 3.05) is 0 Å². The van der Waals surface area contributed by atoms with Crippen LogP contribution in [0.15, 0.2) is 24.4 Å². The lowest BCUT2D eigenvalue weighted by Crippen LogP contribution is -2.60. The van der Waals surface area contributed by atoms with Crippen LogP contribution in [0.3, 0.4) is 0 Å². The lowest BCUT2D eigenvalue weighted by atomic mass is 9.41. The van der Waals surface area contributed by atoms with Gasteiger partial charge in [-0.15, -0.1) is 0 Å². The van der Waals surface area contributed by atoms with Crippen molar-refractivity contribution in [3.05, 3.63) is 30.1 Å². The van der Waals surface area contributed by atoms with E-state index in [2.05, 4.69) is 44.9 Å². The Morgan fingerprint density at radius 3 is 2.51 bits per heavy atom. The summed E-state index contributed by atoms with van der Waals surface area (Å²) in [7, 11) is 0. The predicted molar refractivity (Wildman–Crippen MR) is 170 cm³/mol. The molecule has 1 amide bonds. The first-order valence-electron chi connectivity index (χ1n) is 17.6. The molecule has 1 aromatic heterocycles. The predicted octanol–water partition coefficient (Wildman–Crippen LogP) is 5.62. The Labute approximate surface area is 269 Å². The van der Waals surface area contributed by atoms with E-state index in [-0.39, 0.29) is 57.2 Å². The quantitative estimate of drug-likeness (QED) is 0.336. The maximum atomic E-state index is 12.9. The van der Waals surface area contributed by atoms with Gasteiger partial charge in [0.1, 0.15) is 12.2 Å². The highest BCUT2D eigenvalue weighted by Gasteiger charge is 2.84. The molecule has 2 spiro atoms. The zero-order valence-electron chi connectivity index (χ0n) is 28.4. The Kier molecular flexibility index (Phi) is 7.17. The third-order valence-electron chi connectivity index (χ3n) is 15.2. The molecular formula is C37H56N2O6. The molecule has 0 radical (unpaired) electrons. The van der Waals surface area contributed by atoms with Crippen LogP contribution < -0.4 is 5.32 Å². The van der Waals surface area contributed by atoms with E-state index in [1.807, 2.05) is 18.2 Å². The Morgan fingerprint density at radius 1 is 1.11 bits per heavy atom. The average molecular weight is 625 g/mol. The maximum absolute atomic E-state index is 12.9. The van der Waals surface area contributed by atoms with Gasteiger partial charge in [-0.1, -0.05) is 40.7 Å². The normalized spacial score (nSPS) is 48.5. The molecule has 0 bridgehead atoms. The van der Waals surface area contributed by atoms with Gasteiger partial charge in [0, 0.05) is 17.0 Å². The summed E-state index contributed by atoms with van der Waals surface area (Å²) in [4.78, 5) is 17.2. The number of fused-ring (bicyclic) bond motifs is 4. The monoisotopic (exact) mass is 624 g/mol. The number of nitrogens with zero attached hydrogens (tertiary/aromatic N) is 1. The minimum atomic E-state index is -1.26. The minimum absolute atomic E-state index is 0.0603. The molecule has 5 saturated carbocycles. The van der Waals surface area contributed by atoms with Gasteiger partial charge in [0.15, 0.2) is 0 Å². The molecule has 45 heavy (non-hydrogen) atoms. The number of amides is 1. The van der Waals surface area contributed by atoms with Crippen LogP contribution in [0.4, 0.5) is 4.79 Å². The van der Waals surface area contributed by atoms with Crippen LogP contribution in [0.5, 0.6) is 0 Å². The summed E-state index contributed by atoms with van der Waals surface area (Å²) in [5.74, 6) is 1.38. The lowest BCUT2D eigenvalue weighted by Gasteiger charge is -2.63. The number of nitrogens with one attached hydrogen (secondary N) is 1. The minimum Gasteiger partial charge on any atom is -0.446 e. The molecule has 13 atom stereocenters. The van der Waals surface area contributed by atoms with Crippen LogP contribution in [-0.4, -0.2) is 62.5 Å². The van der Waals surface area contributed by atoms with E-state index in [1.165, 1.54) is 12.8 Å². The van der Waals surface area contributed by atoms with Crippen molar-refractivity contribution in [3.63, 3.8) is 0 Å². The van der Waals surface area contributed by atoms with Crippen molar-refractivity contribution in [2.45, 2.75) is 142 Å². The van der Waals surface area contributed by atoms with E-state index in [9.17, 15) is 20.1 Å². The number of hydrogen-bond acceptors (Lipinski definition) is 7. The highest BCUT2D eigenvalue weighted by atomic mass is 16.6. The summed E-state index contributed by atoms with van der Waals surface area (Å²) in [6.07, 6.45) is 7.05. The Balaban J connectivity index is 1.11. The molecule has 7 rings (SSSR count). The van der Waals surface area contributed by atoms with Crippen molar-refractivity contribution in [1.29, 1.82) is 0 Å². The first-order chi connectivity index (χ1) is 21.0. The zero-order valence-corrected chi connectivity index (χ0v) is 28.4. The molecule has 4 unspecified atom stereocenters. The van der Waals surface area contributed by atoms with Gasteiger partial charge in [-0.3, -0.25) is 4.98 Å². The molecule has 250 valence electrons. The van der Waals surface area contributed by atoms with Gasteiger partial charge in [0.05, 0.1) is 36.2 Å². The summed E-state index contributed by atoms with van der Waals surface area (Å²) in [5, 5.41) is 36.9. The van der Waals surface area contributed by atoms with Gasteiger partial charge in [0.2, 0.25) is 0 Å². The Bertz CT molecular complexity index is 1320. The number of aliphatic hydroxyl groups excluding tert-OH is 2. The highest BCUT2D eigenvalue weighted by molar-refractivity contribution is 5.67. The lowest BCUT2D eigenvalue weighted by molar-refractivity contribution is -0.202. The van der Waals surface area contributed by atoms with E-state index in [0.29, 0.717) is 24.8 Å². The average Bonchev–Trinajstić information content (AvgIpc) is 3.62. The molecule has 6 aliphatic rings. The van der Waals surface area contributed by atoms with Crippen LogP contribution in [-0.2, 0) is 16.0 Å². The number of ether oxygens (including phenoxy) is 2. The molecule has 1 aromatic rings. The van der Waals surface area contributed by atoms with E-state index < -0.39 is 23.9 Å². The number of alkyl carbamates (subject to hydrolysis) is 1. The number of aromatic nitrogens is 1. The van der Waals surface area contributed by atoms with Crippen molar-refractivity contribution < 1.29 is 29.6 Å². The zero-order chi connectivity index (χ0) is 32.4. The molecule has 8 nitrogen and oxygen atoms in total. The van der Waals surface area contributed by atoms with Crippen LogP contribution in [0.1, 0.15) is 106 Å². The fourth-order valence-electron chi connectivity index (χ4n) is 13.0. The maximum Gasteiger partial charge on any atom is 0.407 e. The second-order valence-electron chi connectivity index (χ2n) is 17.7. The van der Waals surface area contributed by atoms with Gasteiger partial charge in [0.25, 0.3) is 0 Å². The fraction of sp³-hybridized carbons (Fsp3) is 0.838. The van der Waals surface area contributed by atoms with Gasteiger partial charge >= 0.3 is 6.09 Å². The summed E-state index contributed by atoms with van der Waals surface area (Å²) in [5.41, 5.74) is -0.512. The van der Waals surface area contributed by atoms with E-state index in [4.69, 9.17) is 9.47 Å². The van der Waals surface area contributed by atoms with Crippen molar-refractivity contribution in [1.82, 2.24) is 10.3 Å². The van der Waals surface area contributed by atoms with Crippen LogP contribution >= 0.6 is 0 Å². The molecule has 1 saturated heterocycles. The topological polar surface area (TPSA) is 121 Å². The van der Waals surface area contributed by atoms with Gasteiger partial charge in [-0.25, -0.2) is 4.79 Å². The van der Waals surface area contributed by atoms with Crippen molar-refractivity contribution in [3.8, 4) is 0 Å². The van der Waals surface area contributed by atoms with Gasteiger partial charge in [-0.2, -0.15) is 0 Å². The van der Waals surface area contributed by atoms with Crippen LogP contribution in [0, 0.1) is 50.7 Å². The fourth-order valence-corrected chi connectivity index (χ4v) is 13.0. The van der Waals surface area contributed by atoms with Crippen molar-refractivity contribution >= 4 is 6.09 Å². The number of hydrogen-bond donors (Lipinski definition) is 4. The number of rotatable bonds is 5. The number of carbonyl (C=O) groups is 1. The second kappa shape index (κ2) is 10.1. The van der Waals surface area contributed by atoms with E-state index in [0.717, 1.165) is 37.8 Å². The highest BCUT2D eigenvalue weighted by Crippen LogP contribution is 2.89.